The predicted octanol–water partition coefficient (Wildman–Crippen LogP) is 24.8. The van der Waals surface area contributed by atoms with Crippen LogP contribution in [0, 0.1) is 23.7 Å². The molecule has 0 radical (unpaired) electrons. The summed E-state index contributed by atoms with van der Waals surface area (Å²) >= 11 is 0. The molecule has 0 aromatic rings. The molecule has 4 unspecified atom stereocenters. The van der Waals surface area contributed by atoms with Gasteiger partial charge in [-0.25, -0.2) is 9.13 Å². The first kappa shape index (κ1) is 100. The second-order valence-electron chi connectivity index (χ2n) is 31.3. The van der Waals surface area contributed by atoms with E-state index >= 15 is 0 Å². The lowest BCUT2D eigenvalue weighted by Gasteiger charge is -2.21. The van der Waals surface area contributed by atoms with Crippen LogP contribution < -0.4 is 0 Å². The fourth-order valence-electron chi connectivity index (χ4n) is 12.7. The average molecular weight is 1490 g/mol. The van der Waals surface area contributed by atoms with E-state index in [-0.39, 0.29) is 25.7 Å². The van der Waals surface area contributed by atoms with Crippen molar-refractivity contribution in [2.24, 2.45) is 23.7 Å². The molecule has 0 aliphatic carbocycles. The smallest absolute Gasteiger partial charge is 0.462 e. The number of hydrogen-bond donors (Lipinski definition) is 3. The Hall–Kier alpha value is -1.94. The van der Waals surface area contributed by atoms with Crippen molar-refractivity contribution in [2.45, 2.75) is 446 Å². The Kier molecular flexibility index (Phi) is 70.6. The van der Waals surface area contributed by atoms with E-state index in [1.807, 2.05) is 0 Å². The lowest BCUT2D eigenvalue weighted by Crippen LogP contribution is -2.30. The third-order valence-electron chi connectivity index (χ3n) is 20.0. The fraction of sp³-hybridized carbons (Fsp3) is 0.952. The summed E-state index contributed by atoms with van der Waals surface area (Å²) in [6.45, 7) is 14.3. The molecule has 102 heavy (non-hydrogen) atoms. The molecule has 0 saturated carbocycles. The van der Waals surface area contributed by atoms with Crippen LogP contribution in [0.3, 0.4) is 0 Å². The zero-order valence-corrected chi connectivity index (χ0v) is 69.0. The van der Waals surface area contributed by atoms with Crippen molar-refractivity contribution in [3.63, 3.8) is 0 Å². The van der Waals surface area contributed by atoms with Crippen molar-refractivity contribution < 1.29 is 80.2 Å². The van der Waals surface area contributed by atoms with Crippen LogP contribution in [0.5, 0.6) is 0 Å². The molecule has 19 heteroatoms. The van der Waals surface area contributed by atoms with Gasteiger partial charge in [0, 0.05) is 25.7 Å². The van der Waals surface area contributed by atoms with Gasteiger partial charge in [0.15, 0.2) is 12.2 Å². The van der Waals surface area contributed by atoms with E-state index in [0.29, 0.717) is 31.6 Å². The number of hydrogen-bond acceptors (Lipinski definition) is 15. The summed E-state index contributed by atoms with van der Waals surface area (Å²) in [7, 11) is -9.92. The van der Waals surface area contributed by atoms with Crippen molar-refractivity contribution >= 4 is 39.5 Å². The number of aliphatic hydroxyl groups excluding tert-OH is 1. The lowest BCUT2D eigenvalue weighted by molar-refractivity contribution is -0.161. The number of unbranched alkanes of at least 4 members (excludes halogenated alkanes) is 44. The molecule has 0 bridgehead atoms. The molecule has 17 nitrogen and oxygen atoms in total. The van der Waals surface area contributed by atoms with Gasteiger partial charge in [-0.05, 0) is 49.4 Å². The van der Waals surface area contributed by atoms with E-state index in [1.54, 1.807) is 0 Å². The molecule has 0 aliphatic rings. The summed E-state index contributed by atoms with van der Waals surface area (Å²) in [5.41, 5.74) is 0. The van der Waals surface area contributed by atoms with Gasteiger partial charge in [-0.3, -0.25) is 37.3 Å². The van der Waals surface area contributed by atoms with Crippen LogP contribution in [0.15, 0.2) is 0 Å². The average Bonchev–Trinajstić information content (AvgIpc) is 0.946. The van der Waals surface area contributed by atoms with Crippen LogP contribution >= 0.6 is 15.6 Å². The van der Waals surface area contributed by atoms with Crippen LogP contribution in [0.4, 0.5) is 0 Å². The van der Waals surface area contributed by atoms with Crippen molar-refractivity contribution in [2.75, 3.05) is 39.6 Å². The number of esters is 4. The normalized spacial score (nSPS) is 14.5. The number of ether oxygens (including phenoxy) is 4. The first-order chi connectivity index (χ1) is 49.2. The van der Waals surface area contributed by atoms with Crippen molar-refractivity contribution in [1.82, 2.24) is 0 Å². The molecular weight excluding hydrogens is 1330 g/mol. The van der Waals surface area contributed by atoms with Crippen LogP contribution in [0.1, 0.15) is 428 Å². The Labute approximate surface area is 626 Å². The summed E-state index contributed by atoms with van der Waals surface area (Å²) in [5, 5.41) is 10.6. The fourth-order valence-corrected chi connectivity index (χ4v) is 14.3. The quantitative estimate of drug-likeness (QED) is 0.0222. The van der Waals surface area contributed by atoms with Crippen LogP contribution in [-0.2, 0) is 65.4 Å². The molecule has 0 saturated heterocycles. The maximum Gasteiger partial charge on any atom is 0.472 e. The maximum atomic E-state index is 13.1. The zero-order valence-electron chi connectivity index (χ0n) is 67.2. The molecule has 7 atom stereocenters. The van der Waals surface area contributed by atoms with Crippen molar-refractivity contribution in [3.05, 3.63) is 0 Å². The Morgan fingerprint density at radius 3 is 0.696 bits per heavy atom. The Balaban J connectivity index is 5.20. The summed E-state index contributed by atoms with van der Waals surface area (Å²) in [6.07, 6.45) is 59.9. The highest BCUT2D eigenvalue weighted by molar-refractivity contribution is 7.47. The number of carbonyl (C=O) groups is 4. The van der Waals surface area contributed by atoms with Gasteiger partial charge in [-0.1, -0.05) is 376 Å². The largest absolute Gasteiger partial charge is 0.472 e. The van der Waals surface area contributed by atoms with Gasteiger partial charge in [-0.2, -0.15) is 0 Å². The van der Waals surface area contributed by atoms with Crippen LogP contribution in [-0.4, -0.2) is 96.7 Å². The van der Waals surface area contributed by atoms with Crippen LogP contribution in [0.2, 0.25) is 0 Å². The number of phosphoric acid groups is 2. The maximum absolute atomic E-state index is 13.1. The SMILES string of the molecule is CCC(C)CCCCCCCCCCCCCCCCCCCCC(=O)O[C@H](COC(=O)CCCCCCCCCCCCCCCCCCC(C)C)COP(=O)(O)OC[C@@H](O)COP(=O)(O)OC[C@@H](COC(=O)CCCCCCCCC(C)C)OC(=O)CCCCCCCCCCC(C)CC. The second kappa shape index (κ2) is 72.0. The van der Waals surface area contributed by atoms with Gasteiger partial charge in [0.25, 0.3) is 0 Å². The first-order valence-electron chi connectivity index (χ1n) is 42.8. The number of rotatable bonds is 80. The zero-order chi connectivity index (χ0) is 75.3. The molecule has 606 valence electrons. The van der Waals surface area contributed by atoms with Crippen molar-refractivity contribution in [1.29, 1.82) is 0 Å². The van der Waals surface area contributed by atoms with Gasteiger partial charge >= 0.3 is 39.5 Å². The Bertz CT molecular complexity index is 1990. The van der Waals surface area contributed by atoms with Gasteiger partial charge in [0.2, 0.25) is 0 Å². The highest BCUT2D eigenvalue weighted by Crippen LogP contribution is 2.45. The van der Waals surface area contributed by atoms with Gasteiger partial charge in [0.05, 0.1) is 26.4 Å². The molecule has 3 N–H and O–H groups in total. The molecule has 0 rings (SSSR count). The minimum Gasteiger partial charge on any atom is -0.462 e. The minimum atomic E-state index is -4.96. The summed E-state index contributed by atoms with van der Waals surface area (Å²) < 4.78 is 68.7. The molecule has 0 amide bonds. The van der Waals surface area contributed by atoms with E-state index in [2.05, 4.69) is 55.4 Å². The molecule has 0 aromatic heterocycles. The molecule has 0 heterocycles. The van der Waals surface area contributed by atoms with Gasteiger partial charge in [-0.15, -0.1) is 0 Å². The van der Waals surface area contributed by atoms with Gasteiger partial charge in [0.1, 0.15) is 19.3 Å². The Morgan fingerprint density at radius 2 is 0.471 bits per heavy atom. The molecule has 0 spiro atoms. The van der Waals surface area contributed by atoms with Gasteiger partial charge < -0.3 is 33.8 Å². The Morgan fingerprint density at radius 1 is 0.275 bits per heavy atom. The standard InChI is InChI=1S/C83H162O17P2/c1-9-75(7)61-53-45-36-30-26-22-18-13-11-12-14-20-24-28-32-39-49-57-65-82(87)99-78(69-93-80(85)63-55-47-38-31-27-23-19-16-15-17-21-25-29-35-43-51-59-73(3)4)71-97-101(89,90)95-67-77(84)68-96-102(91,92)98-72-79(70-94-81(86)64-56-48-42-41-44-52-60-74(5)6)100-83(88)66-58-50-40-34-33-37-46-54-62-76(8)10-2/h73-79,84H,9-72H2,1-8H3,(H,89,90)(H,91,92)/t75?,76?,77-,78-,79-/m1/s1. The molecule has 0 fully saturated rings. The van der Waals surface area contributed by atoms with E-state index < -0.39 is 97.5 Å². The lowest BCUT2D eigenvalue weighted by atomic mass is 9.99. The first-order valence-corrected chi connectivity index (χ1v) is 45.8. The van der Waals surface area contributed by atoms with E-state index in [4.69, 9.17) is 37.0 Å². The number of carbonyl (C=O) groups excluding carboxylic acids is 4. The molecular formula is C83H162O17P2. The number of aliphatic hydroxyl groups is 1. The summed E-state index contributed by atoms with van der Waals surface area (Å²) in [4.78, 5) is 73.0. The van der Waals surface area contributed by atoms with E-state index in [1.165, 1.54) is 225 Å². The topological polar surface area (TPSA) is 237 Å². The summed E-state index contributed by atoms with van der Waals surface area (Å²) in [5.74, 6) is 1.02. The molecule has 0 aliphatic heterocycles. The third kappa shape index (κ3) is 73.6. The third-order valence-corrected chi connectivity index (χ3v) is 21.9. The van der Waals surface area contributed by atoms with E-state index in [9.17, 15) is 43.2 Å². The second-order valence-corrected chi connectivity index (χ2v) is 34.2. The minimum absolute atomic E-state index is 0.104. The predicted molar refractivity (Wildman–Crippen MR) is 418 cm³/mol. The highest BCUT2D eigenvalue weighted by Gasteiger charge is 2.30. The van der Waals surface area contributed by atoms with Crippen molar-refractivity contribution in [3.8, 4) is 0 Å². The van der Waals surface area contributed by atoms with Crippen LogP contribution in [0.25, 0.3) is 0 Å². The highest BCUT2D eigenvalue weighted by atomic mass is 31.2. The number of phosphoric ester groups is 2. The monoisotopic (exact) mass is 1490 g/mol. The summed E-state index contributed by atoms with van der Waals surface area (Å²) in [6, 6.07) is 0. The van der Waals surface area contributed by atoms with E-state index in [0.717, 1.165) is 114 Å². The molecule has 0 aromatic carbocycles.